The van der Waals surface area contributed by atoms with E-state index in [-0.39, 0.29) is 5.91 Å². The third-order valence-corrected chi connectivity index (χ3v) is 4.73. The average Bonchev–Trinajstić information content (AvgIpc) is 2.76. The van der Waals surface area contributed by atoms with Crippen LogP contribution in [0.2, 0.25) is 0 Å². The number of carbonyl (C=O) groups excluding carboxylic acids is 1. The number of nitrogens with one attached hydrogen (secondary N) is 3. The lowest BCUT2D eigenvalue weighted by Gasteiger charge is -2.21. The summed E-state index contributed by atoms with van der Waals surface area (Å²) in [4.78, 5) is 16.5. The van der Waals surface area contributed by atoms with E-state index in [1.807, 2.05) is 37.3 Å². The van der Waals surface area contributed by atoms with E-state index in [0.717, 1.165) is 63.8 Å². The van der Waals surface area contributed by atoms with Crippen molar-refractivity contribution in [3.05, 3.63) is 35.9 Å². The lowest BCUT2D eigenvalue weighted by atomic mass is 10.0. The Morgan fingerprint density at radius 2 is 1.97 bits per heavy atom. The maximum atomic E-state index is 12.0. The van der Waals surface area contributed by atoms with Crippen molar-refractivity contribution in [2.45, 2.75) is 39.2 Å². The molecule has 7 heteroatoms. The summed E-state index contributed by atoms with van der Waals surface area (Å²) in [5.74, 6) is 1.41. The Labute approximate surface area is 174 Å². The molecule has 29 heavy (non-hydrogen) atoms. The van der Waals surface area contributed by atoms with Gasteiger partial charge in [0.1, 0.15) is 0 Å². The van der Waals surface area contributed by atoms with Gasteiger partial charge in [0.15, 0.2) is 5.96 Å². The molecule has 0 spiro atoms. The number of nitrogens with zero attached hydrogens (tertiary/aromatic N) is 1. The van der Waals surface area contributed by atoms with Crippen molar-refractivity contribution in [2.75, 3.05) is 46.1 Å². The third kappa shape index (κ3) is 10.9. The Bertz CT molecular complexity index is 589. The molecule has 0 unspecified atom stereocenters. The number of aliphatic imine (C=N–C) groups is 1. The summed E-state index contributed by atoms with van der Waals surface area (Å²) >= 11 is 0. The van der Waals surface area contributed by atoms with Crippen molar-refractivity contribution < 1.29 is 14.3 Å². The summed E-state index contributed by atoms with van der Waals surface area (Å²) in [6, 6.07) is 9.91. The number of carbonyl (C=O) groups is 1. The van der Waals surface area contributed by atoms with Gasteiger partial charge in [-0.2, -0.15) is 0 Å². The molecule has 1 aromatic carbocycles. The zero-order valence-corrected chi connectivity index (χ0v) is 17.6. The van der Waals surface area contributed by atoms with Crippen LogP contribution in [0.4, 0.5) is 0 Å². The van der Waals surface area contributed by atoms with Crippen LogP contribution in [0, 0.1) is 5.92 Å². The predicted octanol–water partition coefficient (Wildman–Crippen LogP) is 2.08. The first-order valence-corrected chi connectivity index (χ1v) is 10.8. The molecular formula is C22H36N4O3. The normalized spacial score (nSPS) is 15.1. The lowest BCUT2D eigenvalue weighted by molar-refractivity contribution is -0.121. The number of guanidine groups is 1. The van der Waals surface area contributed by atoms with E-state index in [9.17, 15) is 4.79 Å². The van der Waals surface area contributed by atoms with Crippen LogP contribution in [0.15, 0.2) is 35.3 Å². The summed E-state index contributed by atoms with van der Waals surface area (Å²) in [6.07, 6.45) is 3.50. The summed E-state index contributed by atoms with van der Waals surface area (Å²) in [5, 5.41) is 9.36. The van der Waals surface area contributed by atoms with Gasteiger partial charge < -0.3 is 25.4 Å². The van der Waals surface area contributed by atoms with Crippen LogP contribution in [0.5, 0.6) is 0 Å². The van der Waals surface area contributed by atoms with Crippen molar-refractivity contribution >= 4 is 11.9 Å². The Morgan fingerprint density at radius 1 is 1.17 bits per heavy atom. The summed E-state index contributed by atoms with van der Waals surface area (Å²) < 4.78 is 11.1. The topological polar surface area (TPSA) is 84.0 Å². The highest BCUT2D eigenvalue weighted by Gasteiger charge is 2.13. The maximum absolute atomic E-state index is 12.0. The van der Waals surface area contributed by atoms with E-state index >= 15 is 0 Å². The van der Waals surface area contributed by atoms with E-state index in [0.29, 0.717) is 32.0 Å². The number of benzene rings is 1. The minimum Gasteiger partial charge on any atom is -0.381 e. The Balaban J connectivity index is 1.54. The molecule has 1 amide bonds. The van der Waals surface area contributed by atoms with Crippen LogP contribution in [-0.2, 0) is 20.8 Å². The number of amides is 1. The van der Waals surface area contributed by atoms with Crippen molar-refractivity contribution in [1.29, 1.82) is 0 Å². The molecule has 1 aromatic rings. The molecule has 0 bridgehead atoms. The quantitative estimate of drug-likeness (QED) is 0.282. The van der Waals surface area contributed by atoms with Crippen molar-refractivity contribution in [1.82, 2.24) is 16.0 Å². The molecule has 0 aromatic heterocycles. The molecular weight excluding hydrogens is 368 g/mol. The smallest absolute Gasteiger partial charge is 0.222 e. The first-order chi connectivity index (χ1) is 14.3. The highest BCUT2D eigenvalue weighted by molar-refractivity contribution is 5.81. The summed E-state index contributed by atoms with van der Waals surface area (Å²) in [7, 11) is 0. The molecule has 1 aliphatic rings. The molecule has 0 aliphatic carbocycles. The number of hydrogen-bond acceptors (Lipinski definition) is 4. The van der Waals surface area contributed by atoms with Gasteiger partial charge in [0, 0.05) is 59.0 Å². The molecule has 0 saturated carbocycles. The lowest BCUT2D eigenvalue weighted by Crippen LogP contribution is -2.39. The molecule has 0 atom stereocenters. The van der Waals surface area contributed by atoms with Crippen molar-refractivity contribution in [3.63, 3.8) is 0 Å². The molecule has 1 heterocycles. The second kappa shape index (κ2) is 14.8. The van der Waals surface area contributed by atoms with Crippen molar-refractivity contribution in [2.24, 2.45) is 10.9 Å². The highest BCUT2D eigenvalue weighted by atomic mass is 16.5. The van der Waals surface area contributed by atoms with Crippen LogP contribution < -0.4 is 16.0 Å². The van der Waals surface area contributed by atoms with Gasteiger partial charge in [-0.15, -0.1) is 0 Å². The molecule has 0 radical (unpaired) electrons. The molecule has 1 aliphatic heterocycles. The highest BCUT2D eigenvalue weighted by Crippen LogP contribution is 2.14. The third-order valence-electron chi connectivity index (χ3n) is 4.73. The predicted molar refractivity (Wildman–Crippen MR) is 116 cm³/mol. The van der Waals surface area contributed by atoms with Gasteiger partial charge >= 0.3 is 0 Å². The standard InChI is InChI=1S/C22H36N4O3/c1-2-23-22(24-12-6-14-29-18-20-10-15-28-16-11-20)25-13-9-21(27)26-17-19-7-4-3-5-8-19/h3-5,7-8,20H,2,6,9-18H2,1H3,(H,26,27)(H2,23,24,25). The van der Waals surface area contributed by atoms with Gasteiger partial charge in [-0.05, 0) is 37.7 Å². The zero-order valence-electron chi connectivity index (χ0n) is 17.6. The summed E-state index contributed by atoms with van der Waals surface area (Å²) in [6.45, 7) is 7.89. The molecule has 162 valence electrons. The fourth-order valence-electron chi connectivity index (χ4n) is 3.04. The first-order valence-electron chi connectivity index (χ1n) is 10.8. The molecule has 2 rings (SSSR count). The second-order valence-electron chi connectivity index (χ2n) is 7.18. The largest absolute Gasteiger partial charge is 0.381 e. The number of rotatable bonds is 12. The zero-order chi connectivity index (χ0) is 20.6. The van der Waals surface area contributed by atoms with E-state index in [2.05, 4.69) is 20.9 Å². The Hall–Kier alpha value is -2.12. The number of hydrogen-bond donors (Lipinski definition) is 3. The van der Waals surface area contributed by atoms with Crippen LogP contribution in [-0.4, -0.2) is 57.9 Å². The molecule has 3 N–H and O–H groups in total. The van der Waals surface area contributed by atoms with Crippen LogP contribution in [0.3, 0.4) is 0 Å². The number of ether oxygens (including phenoxy) is 2. The SMILES string of the molecule is CCNC(=NCCCOCC1CCOCC1)NCCC(=O)NCc1ccccc1. The fraction of sp³-hybridized carbons (Fsp3) is 0.636. The Kier molecular flexibility index (Phi) is 11.8. The first kappa shape index (κ1) is 23.2. The van der Waals surface area contributed by atoms with E-state index in [4.69, 9.17) is 9.47 Å². The van der Waals surface area contributed by atoms with E-state index in [1.54, 1.807) is 0 Å². The van der Waals surface area contributed by atoms with E-state index in [1.165, 1.54) is 0 Å². The monoisotopic (exact) mass is 404 g/mol. The fourth-order valence-corrected chi connectivity index (χ4v) is 3.04. The van der Waals surface area contributed by atoms with Crippen LogP contribution >= 0.6 is 0 Å². The summed E-state index contributed by atoms with van der Waals surface area (Å²) in [5.41, 5.74) is 1.10. The molecule has 1 saturated heterocycles. The minimum atomic E-state index is 0.0266. The van der Waals surface area contributed by atoms with Gasteiger partial charge in [-0.3, -0.25) is 9.79 Å². The van der Waals surface area contributed by atoms with Crippen molar-refractivity contribution in [3.8, 4) is 0 Å². The van der Waals surface area contributed by atoms with Gasteiger partial charge in [-0.25, -0.2) is 0 Å². The average molecular weight is 405 g/mol. The van der Waals surface area contributed by atoms with E-state index < -0.39 is 0 Å². The van der Waals surface area contributed by atoms with Gasteiger partial charge in [-0.1, -0.05) is 30.3 Å². The molecule has 7 nitrogen and oxygen atoms in total. The van der Waals surface area contributed by atoms with Crippen LogP contribution in [0.25, 0.3) is 0 Å². The maximum Gasteiger partial charge on any atom is 0.222 e. The van der Waals surface area contributed by atoms with Gasteiger partial charge in [0.25, 0.3) is 0 Å². The van der Waals surface area contributed by atoms with Gasteiger partial charge in [0.05, 0.1) is 0 Å². The van der Waals surface area contributed by atoms with Crippen LogP contribution in [0.1, 0.15) is 38.2 Å². The second-order valence-corrected chi connectivity index (χ2v) is 7.18. The Morgan fingerprint density at radius 3 is 2.72 bits per heavy atom. The molecule has 1 fully saturated rings. The van der Waals surface area contributed by atoms with Gasteiger partial charge in [0.2, 0.25) is 5.91 Å². The minimum absolute atomic E-state index is 0.0266.